The molecule has 0 bridgehead atoms. The van der Waals surface area contributed by atoms with Crippen LogP contribution in [0.2, 0.25) is 0 Å². The molecule has 0 spiro atoms. The van der Waals surface area contributed by atoms with Gasteiger partial charge in [-0.15, -0.1) is 11.6 Å². The first kappa shape index (κ1) is 8.87. The summed E-state index contributed by atoms with van der Waals surface area (Å²) in [6.07, 6.45) is 4.37. The van der Waals surface area contributed by atoms with Gasteiger partial charge in [0.25, 0.3) is 0 Å². The van der Waals surface area contributed by atoms with E-state index < -0.39 is 0 Å². The van der Waals surface area contributed by atoms with Gasteiger partial charge in [-0.05, 0) is 29.1 Å². The first-order chi connectivity index (χ1) is 5.52. The Hall–Kier alpha value is 0.290. The van der Waals surface area contributed by atoms with Crippen molar-refractivity contribution in [3.8, 4) is 0 Å². The van der Waals surface area contributed by atoms with Gasteiger partial charge in [-0.2, -0.15) is 0 Å². The lowest BCUT2D eigenvalue weighted by Crippen LogP contribution is -2.04. The van der Waals surface area contributed by atoms with E-state index in [1.54, 1.807) is 0 Å². The molecule has 2 atom stereocenters. The summed E-state index contributed by atoms with van der Waals surface area (Å²) in [5.41, 5.74) is 1.08. The molecule has 0 radical (unpaired) electrons. The molecule has 0 aromatic carbocycles. The van der Waals surface area contributed by atoms with Gasteiger partial charge < -0.3 is 0 Å². The van der Waals surface area contributed by atoms with Crippen LogP contribution in [0.4, 0.5) is 0 Å². The molecule has 1 heteroatoms. The molecule has 0 heterocycles. The van der Waals surface area contributed by atoms with Gasteiger partial charge in [0.15, 0.2) is 0 Å². The predicted molar refractivity (Wildman–Crippen MR) is 53.4 cm³/mol. The third-order valence-corrected chi connectivity index (χ3v) is 4.90. The van der Waals surface area contributed by atoms with Crippen molar-refractivity contribution < 1.29 is 0 Å². The lowest BCUT2D eigenvalue weighted by Gasteiger charge is -2.13. The van der Waals surface area contributed by atoms with Crippen molar-refractivity contribution in [2.24, 2.45) is 22.7 Å². The fraction of sp³-hybridized carbons (Fsp3) is 1.00. The van der Waals surface area contributed by atoms with Crippen LogP contribution in [0.15, 0.2) is 0 Å². The van der Waals surface area contributed by atoms with Crippen LogP contribution in [-0.2, 0) is 0 Å². The summed E-state index contributed by atoms with van der Waals surface area (Å²) in [7, 11) is 0. The summed E-state index contributed by atoms with van der Waals surface area (Å²) in [6.45, 7) is 7.18. The summed E-state index contributed by atoms with van der Waals surface area (Å²) in [5.74, 6) is 2.67. The molecule has 2 aliphatic rings. The number of rotatable bonds is 3. The zero-order valence-electron chi connectivity index (χ0n) is 8.36. The first-order valence-electron chi connectivity index (χ1n) is 5.08. The molecule has 0 aromatic heterocycles. The Balaban J connectivity index is 2.01. The third-order valence-electron chi connectivity index (χ3n) is 4.59. The Kier molecular flexibility index (Phi) is 1.78. The Morgan fingerprint density at radius 2 is 1.83 bits per heavy atom. The van der Waals surface area contributed by atoms with E-state index in [4.69, 9.17) is 11.6 Å². The normalized spacial score (nSPS) is 44.5. The molecule has 2 fully saturated rings. The van der Waals surface area contributed by atoms with Crippen LogP contribution in [0.5, 0.6) is 0 Å². The highest BCUT2D eigenvalue weighted by Gasteiger charge is 2.67. The minimum Gasteiger partial charge on any atom is -0.126 e. The average Bonchev–Trinajstić information content (AvgIpc) is 2.78. The molecule has 2 saturated carbocycles. The molecule has 0 N–H and O–H groups in total. The van der Waals surface area contributed by atoms with Crippen molar-refractivity contribution >= 4 is 11.6 Å². The van der Waals surface area contributed by atoms with Crippen molar-refractivity contribution in [1.82, 2.24) is 0 Å². The Labute approximate surface area is 80.7 Å². The van der Waals surface area contributed by atoms with Crippen molar-refractivity contribution in [2.75, 3.05) is 5.88 Å². The van der Waals surface area contributed by atoms with E-state index >= 15 is 0 Å². The first-order valence-corrected chi connectivity index (χ1v) is 5.62. The second kappa shape index (κ2) is 2.41. The summed E-state index contributed by atoms with van der Waals surface area (Å²) >= 11 is 5.97. The van der Waals surface area contributed by atoms with E-state index in [1.165, 1.54) is 19.3 Å². The van der Waals surface area contributed by atoms with Crippen LogP contribution in [-0.4, -0.2) is 5.88 Å². The van der Waals surface area contributed by atoms with E-state index in [2.05, 4.69) is 20.8 Å². The topological polar surface area (TPSA) is 0 Å². The third kappa shape index (κ3) is 1.04. The molecule has 2 rings (SSSR count). The van der Waals surface area contributed by atoms with Crippen molar-refractivity contribution in [2.45, 2.75) is 40.0 Å². The largest absolute Gasteiger partial charge is 0.126 e. The molecule has 70 valence electrons. The zero-order valence-corrected chi connectivity index (χ0v) is 9.12. The van der Waals surface area contributed by atoms with Crippen LogP contribution in [0.25, 0.3) is 0 Å². The molecule has 0 aromatic rings. The monoisotopic (exact) mass is 186 g/mol. The van der Waals surface area contributed by atoms with Crippen molar-refractivity contribution in [1.29, 1.82) is 0 Å². The number of hydrogen-bond acceptors (Lipinski definition) is 0. The average molecular weight is 187 g/mol. The van der Waals surface area contributed by atoms with Crippen LogP contribution in [0, 0.1) is 22.7 Å². The van der Waals surface area contributed by atoms with Crippen LogP contribution < -0.4 is 0 Å². The fourth-order valence-electron chi connectivity index (χ4n) is 2.89. The van der Waals surface area contributed by atoms with E-state index in [9.17, 15) is 0 Å². The molecule has 0 aliphatic heterocycles. The molecular formula is C11H19Cl. The van der Waals surface area contributed by atoms with Gasteiger partial charge in [-0.3, -0.25) is 0 Å². The standard InChI is InChI=1S/C11H19Cl/c1-10(2)9(7-12)11(10,3)6-8-4-5-8/h8-9H,4-7H2,1-3H3. The van der Waals surface area contributed by atoms with Crippen LogP contribution in [0.1, 0.15) is 40.0 Å². The summed E-state index contributed by atoms with van der Waals surface area (Å²) < 4.78 is 0. The minimum absolute atomic E-state index is 0.511. The quantitative estimate of drug-likeness (QED) is 0.590. The van der Waals surface area contributed by atoms with E-state index in [0.717, 1.165) is 17.7 Å². The molecule has 2 unspecified atom stereocenters. The van der Waals surface area contributed by atoms with Gasteiger partial charge in [0, 0.05) is 5.88 Å². The Bertz CT molecular complexity index is 193. The van der Waals surface area contributed by atoms with E-state index in [-0.39, 0.29) is 0 Å². The highest BCUT2D eigenvalue weighted by atomic mass is 35.5. The molecular weight excluding hydrogens is 168 g/mol. The van der Waals surface area contributed by atoms with Gasteiger partial charge >= 0.3 is 0 Å². The Morgan fingerprint density at radius 1 is 1.25 bits per heavy atom. The lowest BCUT2D eigenvalue weighted by atomic mass is 9.92. The smallest absolute Gasteiger partial charge is 0.0262 e. The maximum atomic E-state index is 5.97. The fourth-order valence-corrected chi connectivity index (χ4v) is 3.61. The second-order valence-corrected chi connectivity index (χ2v) is 5.80. The number of hydrogen-bond donors (Lipinski definition) is 0. The van der Waals surface area contributed by atoms with Gasteiger partial charge in [0.1, 0.15) is 0 Å². The van der Waals surface area contributed by atoms with Crippen molar-refractivity contribution in [3.63, 3.8) is 0 Å². The highest BCUT2D eigenvalue weighted by Crippen LogP contribution is 2.72. The molecule has 0 amide bonds. The zero-order chi connectivity index (χ0) is 8.98. The van der Waals surface area contributed by atoms with Gasteiger partial charge in [0.2, 0.25) is 0 Å². The summed E-state index contributed by atoms with van der Waals surface area (Å²) in [4.78, 5) is 0. The highest BCUT2D eigenvalue weighted by molar-refractivity contribution is 6.18. The SMILES string of the molecule is CC1(C)C(CCl)C1(C)CC1CC1. The lowest BCUT2D eigenvalue weighted by molar-refractivity contribution is 0.367. The Morgan fingerprint density at radius 3 is 2.17 bits per heavy atom. The minimum atomic E-state index is 0.511. The number of halogens is 1. The van der Waals surface area contributed by atoms with E-state index in [0.29, 0.717) is 10.8 Å². The van der Waals surface area contributed by atoms with E-state index in [1.807, 2.05) is 0 Å². The molecule has 0 saturated heterocycles. The molecule has 2 aliphatic carbocycles. The van der Waals surface area contributed by atoms with Crippen LogP contribution in [0.3, 0.4) is 0 Å². The summed E-state index contributed by atoms with van der Waals surface area (Å²) in [5, 5.41) is 0. The van der Waals surface area contributed by atoms with Gasteiger partial charge in [-0.1, -0.05) is 33.6 Å². The van der Waals surface area contributed by atoms with Crippen molar-refractivity contribution in [3.05, 3.63) is 0 Å². The predicted octanol–water partition coefficient (Wildman–Crippen LogP) is 3.69. The maximum absolute atomic E-state index is 5.97. The second-order valence-electron chi connectivity index (χ2n) is 5.49. The molecule has 0 nitrogen and oxygen atoms in total. The van der Waals surface area contributed by atoms with Gasteiger partial charge in [0.05, 0.1) is 0 Å². The maximum Gasteiger partial charge on any atom is 0.0262 e. The van der Waals surface area contributed by atoms with Gasteiger partial charge in [-0.25, -0.2) is 0 Å². The number of alkyl halides is 1. The van der Waals surface area contributed by atoms with Crippen LogP contribution >= 0.6 is 11.6 Å². The summed E-state index contributed by atoms with van der Waals surface area (Å²) in [6, 6.07) is 0. The molecule has 12 heavy (non-hydrogen) atoms.